The van der Waals surface area contributed by atoms with Gasteiger partial charge in [-0.25, -0.2) is 9.78 Å². The number of hydrogen-bond acceptors (Lipinski definition) is 4. The maximum absolute atomic E-state index is 10.9. The lowest BCUT2D eigenvalue weighted by Gasteiger charge is -2.06. The number of nitrogens with zero attached hydrogens (tertiary/aromatic N) is 1. The Bertz CT molecular complexity index is 552. The van der Waals surface area contributed by atoms with E-state index in [1.807, 2.05) is 0 Å². The molecule has 0 saturated heterocycles. The molecule has 1 aromatic carbocycles. The fourth-order valence-corrected chi connectivity index (χ4v) is 1.47. The topological polar surface area (TPSA) is 96.4 Å². The summed E-state index contributed by atoms with van der Waals surface area (Å²) in [4.78, 5) is 14.6. The van der Waals surface area contributed by atoms with Gasteiger partial charge in [0.15, 0.2) is 0 Å². The van der Waals surface area contributed by atoms with Gasteiger partial charge in [0, 0.05) is 17.0 Å². The highest BCUT2D eigenvalue weighted by Gasteiger charge is 2.14. The summed E-state index contributed by atoms with van der Waals surface area (Å²) in [5.74, 6) is -1.06. The Hall–Kier alpha value is -2.30. The third-order valence-corrected chi connectivity index (χ3v) is 2.15. The average molecular weight is 204 g/mol. The van der Waals surface area contributed by atoms with E-state index in [4.69, 9.17) is 10.8 Å². The first-order chi connectivity index (χ1) is 7.11. The summed E-state index contributed by atoms with van der Waals surface area (Å²) in [5, 5.41) is 19.1. The van der Waals surface area contributed by atoms with E-state index in [9.17, 15) is 9.90 Å². The molecule has 0 radical (unpaired) electrons. The predicted molar refractivity (Wildman–Crippen MR) is 54.8 cm³/mol. The van der Waals surface area contributed by atoms with Gasteiger partial charge >= 0.3 is 5.97 Å². The number of hydrogen-bond donors (Lipinski definition) is 3. The molecule has 1 aromatic heterocycles. The number of carbonyl (C=O) groups is 1. The van der Waals surface area contributed by atoms with Gasteiger partial charge in [0.25, 0.3) is 0 Å². The van der Waals surface area contributed by atoms with Crippen LogP contribution in [0.3, 0.4) is 0 Å². The van der Waals surface area contributed by atoms with Crippen LogP contribution in [0, 0.1) is 0 Å². The van der Waals surface area contributed by atoms with Crippen molar-refractivity contribution < 1.29 is 15.0 Å². The molecule has 0 unspecified atom stereocenters. The Kier molecular flexibility index (Phi) is 1.93. The van der Waals surface area contributed by atoms with E-state index >= 15 is 0 Å². The Balaban J connectivity index is 2.96. The number of carboxylic acid groups (broad SMARTS) is 1. The zero-order chi connectivity index (χ0) is 11.0. The first-order valence-electron chi connectivity index (χ1n) is 4.20. The van der Waals surface area contributed by atoms with Crippen LogP contribution in [0.15, 0.2) is 24.4 Å². The van der Waals surface area contributed by atoms with Crippen LogP contribution in [0.25, 0.3) is 10.8 Å². The van der Waals surface area contributed by atoms with E-state index in [1.54, 1.807) is 12.1 Å². The number of pyridine rings is 1. The third-order valence-electron chi connectivity index (χ3n) is 2.15. The van der Waals surface area contributed by atoms with Crippen LogP contribution in [0.1, 0.15) is 10.4 Å². The maximum atomic E-state index is 10.9. The van der Waals surface area contributed by atoms with Crippen molar-refractivity contribution in [2.24, 2.45) is 0 Å². The van der Waals surface area contributed by atoms with Crippen LogP contribution in [-0.2, 0) is 0 Å². The molecule has 0 aliphatic carbocycles. The van der Waals surface area contributed by atoms with E-state index in [-0.39, 0.29) is 22.5 Å². The minimum atomic E-state index is -1.14. The lowest BCUT2D eigenvalue weighted by Crippen LogP contribution is -2.01. The number of aromatic carboxylic acids is 1. The smallest absolute Gasteiger partial charge is 0.338 e. The van der Waals surface area contributed by atoms with Crippen LogP contribution >= 0.6 is 0 Å². The lowest BCUT2D eigenvalue weighted by atomic mass is 10.1. The van der Waals surface area contributed by atoms with Crippen molar-refractivity contribution in [3.8, 4) is 5.75 Å². The van der Waals surface area contributed by atoms with Crippen molar-refractivity contribution in [2.45, 2.75) is 0 Å². The number of benzene rings is 1. The number of fused-ring (bicyclic) bond motifs is 1. The fourth-order valence-electron chi connectivity index (χ4n) is 1.47. The fraction of sp³-hybridized carbons (Fsp3) is 0. The highest BCUT2D eigenvalue weighted by Crippen LogP contribution is 2.30. The van der Waals surface area contributed by atoms with Gasteiger partial charge in [0.2, 0.25) is 0 Å². The van der Waals surface area contributed by atoms with E-state index in [0.29, 0.717) is 5.39 Å². The quantitative estimate of drug-likeness (QED) is 0.649. The monoisotopic (exact) mass is 204 g/mol. The molecular formula is C10H8N2O3. The van der Waals surface area contributed by atoms with Crippen molar-refractivity contribution in [1.29, 1.82) is 0 Å². The minimum Gasteiger partial charge on any atom is -0.507 e. The summed E-state index contributed by atoms with van der Waals surface area (Å²) in [5.41, 5.74) is 5.52. The van der Waals surface area contributed by atoms with Crippen molar-refractivity contribution in [3.63, 3.8) is 0 Å². The molecule has 0 saturated carbocycles. The highest BCUT2D eigenvalue weighted by molar-refractivity contribution is 6.08. The molecule has 4 N–H and O–H groups in total. The maximum Gasteiger partial charge on any atom is 0.338 e. The molecule has 76 valence electrons. The van der Waals surface area contributed by atoms with E-state index in [0.717, 1.165) is 6.20 Å². The molecule has 2 aromatic rings. The predicted octanol–water partition coefficient (Wildman–Crippen LogP) is 1.22. The minimum absolute atomic E-state index is 0.0581. The number of phenolic OH excluding ortho intramolecular Hbond substituents is 1. The summed E-state index contributed by atoms with van der Waals surface area (Å²) in [7, 11) is 0. The Labute approximate surface area is 84.8 Å². The summed E-state index contributed by atoms with van der Waals surface area (Å²) in [6, 6.07) is 4.61. The molecule has 1 heterocycles. The van der Waals surface area contributed by atoms with Gasteiger partial charge in [-0.15, -0.1) is 0 Å². The Morgan fingerprint density at radius 3 is 2.80 bits per heavy atom. The molecule has 15 heavy (non-hydrogen) atoms. The largest absolute Gasteiger partial charge is 0.507 e. The van der Waals surface area contributed by atoms with Crippen LogP contribution in [0.2, 0.25) is 0 Å². The second kappa shape index (κ2) is 3.13. The van der Waals surface area contributed by atoms with Gasteiger partial charge in [0.05, 0.1) is 5.56 Å². The van der Waals surface area contributed by atoms with Gasteiger partial charge < -0.3 is 15.9 Å². The SMILES string of the molecule is Nc1ncc(C(=O)O)c2c(O)cccc12. The van der Waals surface area contributed by atoms with Gasteiger partial charge in [0.1, 0.15) is 11.6 Å². The standard InChI is InChI=1S/C10H8N2O3/c11-9-5-2-1-3-7(13)8(5)6(4-12-9)10(14)15/h1-4,13H,(H2,11,12)(H,14,15). The normalized spacial score (nSPS) is 10.4. The van der Waals surface area contributed by atoms with Crippen LogP contribution < -0.4 is 5.73 Å². The number of aromatic hydroxyl groups is 1. The number of aromatic nitrogens is 1. The van der Waals surface area contributed by atoms with E-state index in [2.05, 4.69) is 4.98 Å². The summed E-state index contributed by atoms with van der Waals surface area (Å²) < 4.78 is 0. The van der Waals surface area contributed by atoms with Crippen LogP contribution in [0.4, 0.5) is 5.82 Å². The molecule has 0 spiro atoms. The molecule has 5 nitrogen and oxygen atoms in total. The zero-order valence-electron chi connectivity index (χ0n) is 7.64. The van der Waals surface area contributed by atoms with Crippen molar-refractivity contribution in [3.05, 3.63) is 30.0 Å². The van der Waals surface area contributed by atoms with Gasteiger partial charge in [-0.2, -0.15) is 0 Å². The third kappa shape index (κ3) is 1.34. The molecule has 0 atom stereocenters. The summed E-state index contributed by atoms with van der Waals surface area (Å²) in [6.07, 6.45) is 1.14. The number of nitrogen functional groups attached to an aromatic ring is 1. The lowest BCUT2D eigenvalue weighted by molar-refractivity contribution is 0.0698. The molecule has 0 bridgehead atoms. The molecule has 0 fully saturated rings. The first kappa shape index (κ1) is 9.26. The van der Waals surface area contributed by atoms with E-state index < -0.39 is 5.97 Å². The second-order valence-corrected chi connectivity index (χ2v) is 3.06. The van der Waals surface area contributed by atoms with Gasteiger partial charge in [-0.3, -0.25) is 0 Å². The van der Waals surface area contributed by atoms with Crippen LogP contribution in [-0.4, -0.2) is 21.2 Å². The number of carboxylic acids is 1. The van der Waals surface area contributed by atoms with Crippen molar-refractivity contribution in [1.82, 2.24) is 4.98 Å². The van der Waals surface area contributed by atoms with Gasteiger partial charge in [-0.1, -0.05) is 12.1 Å². The number of anilines is 1. The Morgan fingerprint density at radius 2 is 2.13 bits per heavy atom. The summed E-state index contributed by atoms with van der Waals surface area (Å²) >= 11 is 0. The molecular weight excluding hydrogens is 196 g/mol. The van der Waals surface area contributed by atoms with Crippen molar-refractivity contribution in [2.75, 3.05) is 5.73 Å². The second-order valence-electron chi connectivity index (χ2n) is 3.06. The Morgan fingerprint density at radius 1 is 1.40 bits per heavy atom. The molecule has 0 aliphatic heterocycles. The number of nitrogens with two attached hydrogens (primary N) is 1. The molecule has 0 amide bonds. The summed E-state index contributed by atoms with van der Waals surface area (Å²) in [6.45, 7) is 0. The number of rotatable bonds is 1. The average Bonchev–Trinajstić information content (AvgIpc) is 2.19. The zero-order valence-corrected chi connectivity index (χ0v) is 7.64. The molecule has 2 rings (SSSR count). The van der Waals surface area contributed by atoms with Gasteiger partial charge in [-0.05, 0) is 6.07 Å². The van der Waals surface area contributed by atoms with Crippen molar-refractivity contribution >= 4 is 22.6 Å². The van der Waals surface area contributed by atoms with Crippen LogP contribution in [0.5, 0.6) is 5.75 Å². The van der Waals surface area contributed by atoms with E-state index in [1.165, 1.54) is 6.07 Å². The first-order valence-corrected chi connectivity index (χ1v) is 4.20. The highest BCUT2D eigenvalue weighted by atomic mass is 16.4. The molecule has 5 heteroatoms. The molecule has 0 aliphatic rings. The number of phenols is 1.